The predicted molar refractivity (Wildman–Crippen MR) is 65.7 cm³/mol. The lowest BCUT2D eigenvalue weighted by molar-refractivity contribution is 0.281. The van der Waals surface area contributed by atoms with Crippen LogP contribution < -0.4 is 4.90 Å². The first-order chi connectivity index (χ1) is 8.19. The van der Waals surface area contributed by atoms with Crippen LogP contribution in [-0.2, 0) is 13.2 Å². The molecule has 0 aromatic carbocycles. The minimum atomic E-state index is 0.0310. The van der Waals surface area contributed by atoms with E-state index in [1.807, 2.05) is 37.1 Å². The molecular formula is C13H16N2O2. The summed E-state index contributed by atoms with van der Waals surface area (Å²) in [6.45, 7) is 2.62. The van der Waals surface area contributed by atoms with Crippen molar-refractivity contribution in [2.75, 3.05) is 11.9 Å². The molecule has 17 heavy (non-hydrogen) atoms. The molecule has 4 heteroatoms. The molecule has 0 amide bonds. The average Bonchev–Trinajstić information content (AvgIpc) is 2.75. The monoisotopic (exact) mass is 232 g/mol. The summed E-state index contributed by atoms with van der Waals surface area (Å²) in [4.78, 5) is 6.25. The summed E-state index contributed by atoms with van der Waals surface area (Å²) in [5.41, 5.74) is 0.859. The van der Waals surface area contributed by atoms with E-state index in [0.717, 1.165) is 22.9 Å². The molecule has 0 aliphatic carbocycles. The van der Waals surface area contributed by atoms with Crippen molar-refractivity contribution in [3.05, 3.63) is 47.5 Å². The van der Waals surface area contributed by atoms with Crippen LogP contribution in [0.4, 0.5) is 5.82 Å². The SMILES string of the molecule is Cc1ccc(CN(C)c2cc(CO)ccn2)o1. The van der Waals surface area contributed by atoms with Gasteiger partial charge in [0, 0.05) is 13.2 Å². The highest BCUT2D eigenvalue weighted by molar-refractivity contribution is 5.40. The highest BCUT2D eigenvalue weighted by atomic mass is 16.3. The van der Waals surface area contributed by atoms with E-state index in [2.05, 4.69) is 4.98 Å². The van der Waals surface area contributed by atoms with Gasteiger partial charge in [0.1, 0.15) is 17.3 Å². The van der Waals surface area contributed by atoms with E-state index in [9.17, 15) is 0 Å². The third-order valence-electron chi connectivity index (χ3n) is 2.57. The number of furan rings is 1. The van der Waals surface area contributed by atoms with Gasteiger partial charge >= 0.3 is 0 Å². The molecule has 0 atom stereocenters. The second-order valence-corrected chi connectivity index (χ2v) is 4.05. The number of rotatable bonds is 4. The Kier molecular flexibility index (Phi) is 3.44. The quantitative estimate of drug-likeness (QED) is 0.877. The van der Waals surface area contributed by atoms with Crippen molar-refractivity contribution in [1.29, 1.82) is 0 Å². The second-order valence-electron chi connectivity index (χ2n) is 4.05. The van der Waals surface area contributed by atoms with E-state index in [4.69, 9.17) is 9.52 Å². The van der Waals surface area contributed by atoms with Crippen molar-refractivity contribution < 1.29 is 9.52 Å². The second kappa shape index (κ2) is 5.01. The normalized spacial score (nSPS) is 10.5. The molecule has 0 unspecified atom stereocenters. The fraction of sp³-hybridized carbons (Fsp3) is 0.308. The van der Waals surface area contributed by atoms with Crippen molar-refractivity contribution in [3.8, 4) is 0 Å². The van der Waals surface area contributed by atoms with E-state index < -0.39 is 0 Å². The van der Waals surface area contributed by atoms with Crippen molar-refractivity contribution in [3.63, 3.8) is 0 Å². The summed E-state index contributed by atoms with van der Waals surface area (Å²) < 4.78 is 5.51. The molecular weight excluding hydrogens is 216 g/mol. The molecule has 0 radical (unpaired) electrons. The molecule has 90 valence electrons. The molecule has 2 rings (SSSR count). The molecule has 0 saturated heterocycles. The maximum Gasteiger partial charge on any atom is 0.128 e. The zero-order valence-electron chi connectivity index (χ0n) is 10.1. The van der Waals surface area contributed by atoms with Gasteiger partial charge in [0.05, 0.1) is 13.2 Å². The van der Waals surface area contributed by atoms with Crippen molar-refractivity contribution >= 4 is 5.82 Å². The molecule has 0 fully saturated rings. The maximum absolute atomic E-state index is 9.07. The molecule has 0 spiro atoms. The van der Waals surface area contributed by atoms with Gasteiger partial charge in [-0.15, -0.1) is 0 Å². The number of aliphatic hydroxyl groups excluding tert-OH is 1. The van der Waals surface area contributed by atoms with Gasteiger partial charge in [0.2, 0.25) is 0 Å². The molecule has 0 bridgehead atoms. The topological polar surface area (TPSA) is 49.5 Å². The van der Waals surface area contributed by atoms with Crippen LogP contribution in [0.3, 0.4) is 0 Å². The van der Waals surface area contributed by atoms with Crippen molar-refractivity contribution in [2.45, 2.75) is 20.1 Å². The highest BCUT2D eigenvalue weighted by Crippen LogP contribution is 2.15. The lowest BCUT2D eigenvalue weighted by Crippen LogP contribution is -2.17. The number of hydrogen-bond acceptors (Lipinski definition) is 4. The number of pyridine rings is 1. The first-order valence-corrected chi connectivity index (χ1v) is 5.51. The molecule has 2 aromatic rings. The van der Waals surface area contributed by atoms with Gasteiger partial charge in [0.25, 0.3) is 0 Å². The van der Waals surface area contributed by atoms with E-state index in [0.29, 0.717) is 6.54 Å². The number of aromatic nitrogens is 1. The summed E-state index contributed by atoms with van der Waals surface area (Å²) in [5, 5.41) is 9.07. The smallest absolute Gasteiger partial charge is 0.128 e. The predicted octanol–water partition coefficient (Wildman–Crippen LogP) is 2.11. The summed E-state index contributed by atoms with van der Waals surface area (Å²) in [7, 11) is 1.95. The van der Waals surface area contributed by atoms with Gasteiger partial charge in [-0.25, -0.2) is 4.98 Å². The number of aryl methyl sites for hydroxylation is 1. The number of aliphatic hydroxyl groups is 1. The Labute approximate surface area is 101 Å². The van der Waals surface area contributed by atoms with Crippen molar-refractivity contribution in [2.24, 2.45) is 0 Å². The Morgan fingerprint density at radius 3 is 2.82 bits per heavy atom. The van der Waals surface area contributed by atoms with Gasteiger partial charge in [-0.05, 0) is 36.8 Å². The van der Waals surface area contributed by atoms with Crippen LogP contribution in [0.1, 0.15) is 17.1 Å². The maximum atomic E-state index is 9.07. The molecule has 0 aliphatic rings. The Morgan fingerprint density at radius 2 is 2.18 bits per heavy atom. The molecule has 1 N–H and O–H groups in total. The Bertz CT molecular complexity index is 494. The van der Waals surface area contributed by atoms with Gasteiger partial charge in [0.15, 0.2) is 0 Å². The first-order valence-electron chi connectivity index (χ1n) is 5.51. The van der Waals surface area contributed by atoms with Crippen LogP contribution in [0.25, 0.3) is 0 Å². The summed E-state index contributed by atoms with van der Waals surface area (Å²) in [6.07, 6.45) is 1.70. The largest absolute Gasteiger partial charge is 0.464 e. The van der Waals surface area contributed by atoms with E-state index in [1.54, 1.807) is 12.3 Å². The summed E-state index contributed by atoms with van der Waals surface area (Å²) in [5.74, 6) is 2.64. The van der Waals surface area contributed by atoms with Crippen LogP contribution in [-0.4, -0.2) is 17.1 Å². The molecule has 0 aliphatic heterocycles. The standard InChI is InChI=1S/C13H16N2O2/c1-10-3-4-12(17-10)8-15(2)13-7-11(9-16)5-6-14-13/h3-7,16H,8-9H2,1-2H3. The lowest BCUT2D eigenvalue weighted by atomic mass is 10.2. The van der Waals surface area contributed by atoms with Crippen LogP contribution in [0.15, 0.2) is 34.9 Å². The lowest BCUT2D eigenvalue weighted by Gasteiger charge is -2.17. The van der Waals surface area contributed by atoms with Crippen LogP contribution in [0, 0.1) is 6.92 Å². The zero-order chi connectivity index (χ0) is 12.3. The highest BCUT2D eigenvalue weighted by Gasteiger charge is 2.06. The average molecular weight is 232 g/mol. The Morgan fingerprint density at radius 1 is 1.35 bits per heavy atom. The fourth-order valence-electron chi connectivity index (χ4n) is 1.65. The first kappa shape index (κ1) is 11.7. The zero-order valence-corrected chi connectivity index (χ0v) is 10.1. The minimum Gasteiger partial charge on any atom is -0.464 e. The summed E-state index contributed by atoms with van der Waals surface area (Å²) in [6, 6.07) is 7.58. The Hall–Kier alpha value is -1.81. The van der Waals surface area contributed by atoms with E-state index >= 15 is 0 Å². The molecule has 4 nitrogen and oxygen atoms in total. The third kappa shape index (κ3) is 2.85. The molecule has 2 aromatic heterocycles. The van der Waals surface area contributed by atoms with E-state index in [-0.39, 0.29) is 6.61 Å². The van der Waals surface area contributed by atoms with Gasteiger partial charge in [-0.2, -0.15) is 0 Å². The molecule has 2 heterocycles. The summed E-state index contributed by atoms with van der Waals surface area (Å²) >= 11 is 0. The minimum absolute atomic E-state index is 0.0310. The van der Waals surface area contributed by atoms with Gasteiger partial charge in [-0.1, -0.05) is 0 Å². The number of hydrogen-bond donors (Lipinski definition) is 1. The number of nitrogens with zero attached hydrogens (tertiary/aromatic N) is 2. The Balaban J connectivity index is 2.11. The van der Waals surface area contributed by atoms with Crippen LogP contribution in [0.5, 0.6) is 0 Å². The molecule has 0 saturated carbocycles. The van der Waals surface area contributed by atoms with Crippen molar-refractivity contribution in [1.82, 2.24) is 4.98 Å². The van der Waals surface area contributed by atoms with Crippen LogP contribution in [0.2, 0.25) is 0 Å². The van der Waals surface area contributed by atoms with Gasteiger partial charge < -0.3 is 14.4 Å². The van der Waals surface area contributed by atoms with Gasteiger partial charge in [-0.3, -0.25) is 0 Å². The fourth-order valence-corrected chi connectivity index (χ4v) is 1.65. The number of anilines is 1. The third-order valence-corrected chi connectivity index (χ3v) is 2.57. The van der Waals surface area contributed by atoms with E-state index in [1.165, 1.54) is 0 Å². The van der Waals surface area contributed by atoms with Crippen LogP contribution >= 0.6 is 0 Å².